The lowest BCUT2D eigenvalue weighted by atomic mass is 10.1. The maximum Gasteiger partial charge on any atom is 0.282 e. The number of halogens is 3. The number of benzene rings is 1. The second kappa shape index (κ2) is 6.52. The summed E-state index contributed by atoms with van der Waals surface area (Å²) in [5.74, 6) is -0.494. The summed E-state index contributed by atoms with van der Waals surface area (Å²) in [6.07, 6.45) is -2.12. The molecule has 4 rings (SSSR count). The third-order valence-corrected chi connectivity index (χ3v) is 4.38. The van der Waals surface area contributed by atoms with Gasteiger partial charge in [0.15, 0.2) is 5.69 Å². The van der Waals surface area contributed by atoms with Crippen molar-refractivity contribution in [2.45, 2.75) is 25.8 Å². The van der Waals surface area contributed by atoms with Gasteiger partial charge in [-0.2, -0.15) is 4.98 Å². The highest BCUT2D eigenvalue weighted by atomic mass is 19.3. The normalized spacial score (nSPS) is 17.3. The summed E-state index contributed by atoms with van der Waals surface area (Å²) in [6.45, 7) is 2.90. The summed E-state index contributed by atoms with van der Waals surface area (Å²) < 4.78 is 47.3. The third-order valence-electron chi connectivity index (χ3n) is 4.38. The molecule has 3 aromatic rings. The Morgan fingerprint density at radius 2 is 2.19 bits per heavy atom. The number of aryl methyl sites for hydroxylation is 1. The molecule has 1 aliphatic rings. The molecule has 10 heteroatoms. The molecule has 0 saturated carbocycles. The molecule has 0 aliphatic carbocycles. The van der Waals surface area contributed by atoms with E-state index in [1.807, 2.05) is 0 Å². The Kier molecular flexibility index (Phi) is 4.19. The van der Waals surface area contributed by atoms with E-state index in [-0.39, 0.29) is 29.1 Å². The van der Waals surface area contributed by atoms with Crippen LogP contribution in [0.2, 0.25) is 0 Å². The van der Waals surface area contributed by atoms with Gasteiger partial charge in [0.2, 0.25) is 5.82 Å². The van der Waals surface area contributed by atoms with Crippen LogP contribution in [0.25, 0.3) is 23.0 Å². The molecule has 1 unspecified atom stereocenters. The van der Waals surface area contributed by atoms with Gasteiger partial charge in [0.25, 0.3) is 12.3 Å². The van der Waals surface area contributed by atoms with Crippen molar-refractivity contribution in [1.82, 2.24) is 30.5 Å². The van der Waals surface area contributed by atoms with Crippen LogP contribution >= 0.6 is 0 Å². The Balaban J connectivity index is 1.72. The van der Waals surface area contributed by atoms with Crippen LogP contribution in [0, 0.1) is 12.7 Å². The molecule has 1 aliphatic heterocycles. The second-order valence-electron chi connectivity index (χ2n) is 6.10. The summed E-state index contributed by atoms with van der Waals surface area (Å²) in [5, 5.41) is 14.5. The van der Waals surface area contributed by atoms with Crippen LogP contribution in [-0.2, 0) is 0 Å². The Bertz CT molecular complexity index is 932. The van der Waals surface area contributed by atoms with Gasteiger partial charge in [-0.3, -0.25) is 0 Å². The van der Waals surface area contributed by atoms with Crippen LogP contribution in [0.15, 0.2) is 22.7 Å². The highest BCUT2D eigenvalue weighted by Crippen LogP contribution is 2.32. The van der Waals surface area contributed by atoms with E-state index in [1.54, 1.807) is 19.1 Å². The molecule has 2 aromatic heterocycles. The zero-order valence-corrected chi connectivity index (χ0v) is 13.8. The van der Waals surface area contributed by atoms with Crippen molar-refractivity contribution in [2.75, 3.05) is 13.1 Å². The maximum absolute atomic E-state index is 13.7. The first-order chi connectivity index (χ1) is 12.5. The summed E-state index contributed by atoms with van der Waals surface area (Å²) in [5.41, 5.74) is 0.349. The minimum Gasteiger partial charge on any atom is -0.332 e. The van der Waals surface area contributed by atoms with Gasteiger partial charge in [-0.15, -0.1) is 5.10 Å². The average molecular weight is 364 g/mol. The summed E-state index contributed by atoms with van der Waals surface area (Å²) in [6, 6.07) is 4.27. The minimum absolute atomic E-state index is 0.0937. The molecule has 0 bridgehead atoms. The predicted molar refractivity (Wildman–Crippen MR) is 84.9 cm³/mol. The fraction of sp³-hybridized carbons (Fsp3) is 0.375. The van der Waals surface area contributed by atoms with Crippen LogP contribution in [0.5, 0.6) is 0 Å². The predicted octanol–water partition coefficient (Wildman–Crippen LogP) is 2.91. The van der Waals surface area contributed by atoms with Gasteiger partial charge < -0.3 is 9.84 Å². The van der Waals surface area contributed by atoms with E-state index in [0.29, 0.717) is 24.1 Å². The van der Waals surface area contributed by atoms with Gasteiger partial charge in [0.05, 0.1) is 6.04 Å². The number of hydrogen-bond acceptors (Lipinski definition) is 6. The first kappa shape index (κ1) is 16.7. The molecule has 26 heavy (non-hydrogen) atoms. The van der Waals surface area contributed by atoms with E-state index < -0.39 is 12.2 Å². The van der Waals surface area contributed by atoms with E-state index in [4.69, 9.17) is 4.52 Å². The quantitative estimate of drug-likeness (QED) is 0.767. The molecule has 0 radical (unpaired) electrons. The van der Waals surface area contributed by atoms with Crippen LogP contribution in [-0.4, -0.2) is 38.2 Å². The number of hydrogen-bond donors (Lipinski definition) is 1. The van der Waals surface area contributed by atoms with E-state index in [1.165, 1.54) is 10.7 Å². The first-order valence-electron chi connectivity index (χ1n) is 8.09. The van der Waals surface area contributed by atoms with Gasteiger partial charge >= 0.3 is 0 Å². The van der Waals surface area contributed by atoms with Crippen molar-refractivity contribution >= 4 is 0 Å². The van der Waals surface area contributed by atoms with E-state index in [2.05, 4.69) is 25.8 Å². The zero-order chi connectivity index (χ0) is 18.3. The standard InChI is InChI=1S/C16H15F3N6O/c1-8-2-3-9(6-11(8)17)15-21-16(26-23-15)12-13(14(18)19)25(24-22-12)10-4-5-20-7-10/h2-3,6,10,14,20H,4-5,7H2,1H3. The summed E-state index contributed by atoms with van der Waals surface area (Å²) >= 11 is 0. The third kappa shape index (κ3) is 2.85. The van der Waals surface area contributed by atoms with Gasteiger partial charge in [0, 0.05) is 12.1 Å². The number of aromatic nitrogens is 5. The van der Waals surface area contributed by atoms with Crippen molar-refractivity contribution in [3.05, 3.63) is 35.3 Å². The lowest BCUT2D eigenvalue weighted by molar-refractivity contribution is 0.136. The minimum atomic E-state index is -2.80. The number of rotatable bonds is 4. The molecule has 0 spiro atoms. The van der Waals surface area contributed by atoms with Crippen molar-refractivity contribution in [1.29, 1.82) is 0 Å². The fourth-order valence-corrected chi connectivity index (χ4v) is 2.94. The van der Waals surface area contributed by atoms with Gasteiger partial charge in [-0.25, -0.2) is 17.9 Å². The smallest absolute Gasteiger partial charge is 0.282 e. The van der Waals surface area contributed by atoms with E-state index in [0.717, 1.165) is 6.54 Å². The zero-order valence-electron chi connectivity index (χ0n) is 13.8. The monoisotopic (exact) mass is 364 g/mol. The highest BCUT2D eigenvalue weighted by molar-refractivity contribution is 5.59. The van der Waals surface area contributed by atoms with Crippen molar-refractivity contribution in [2.24, 2.45) is 0 Å². The topological polar surface area (TPSA) is 81.7 Å². The Labute approximate surface area is 146 Å². The van der Waals surface area contributed by atoms with Gasteiger partial charge in [0.1, 0.15) is 11.5 Å². The lowest BCUT2D eigenvalue weighted by Crippen LogP contribution is -2.17. The molecule has 1 fully saturated rings. The number of nitrogens with one attached hydrogen (secondary N) is 1. The van der Waals surface area contributed by atoms with Crippen molar-refractivity contribution in [3.8, 4) is 23.0 Å². The molecule has 1 N–H and O–H groups in total. The molecular formula is C16H15F3N6O. The average Bonchev–Trinajstić information content (AvgIpc) is 3.36. The molecule has 1 aromatic carbocycles. The Morgan fingerprint density at radius 3 is 2.88 bits per heavy atom. The van der Waals surface area contributed by atoms with E-state index in [9.17, 15) is 13.2 Å². The van der Waals surface area contributed by atoms with Gasteiger partial charge in [-0.05, 0) is 31.5 Å². The largest absolute Gasteiger partial charge is 0.332 e. The Hall–Kier alpha value is -2.75. The maximum atomic E-state index is 13.7. The SMILES string of the molecule is Cc1ccc(-c2noc(-c3nnn(C4CCNC4)c3C(F)F)n2)cc1F. The van der Waals surface area contributed by atoms with Crippen LogP contribution < -0.4 is 5.32 Å². The van der Waals surface area contributed by atoms with Crippen LogP contribution in [0.1, 0.15) is 30.1 Å². The van der Waals surface area contributed by atoms with E-state index >= 15 is 0 Å². The molecule has 1 saturated heterocycles. The summed E-state index contributed by atoms with van der Waals surface area (Å²) in [4.78, 5) is 4.10. The number of nitrogens with zero attached hydrogens (tertiary/aromatic N) is 5. The molecule has 1 atom stereocenters. The molecule has 136 valence electrons. The van der Waals surface area contributed by atoms with Gasteiger partial charge in [-0.1, -0.05) is 22.5 Å². The van der Waals surface area contributed by atoms with Crippen molar-refractivity contribution < 1.29 is 17.7 Å². The number of alkyl halides is 2. The lowest BCUT2D eigenvalue weighted by Gasteiger charge is -2.11. The van der Waals surface area contributed by atoms with Crippen molar-refractivity contribution in [3.63, 3.8) is 0 Å². The van der Waals surface area contributed by atoms with Crippen LogP contribution in [0.3, 0.4) is 0 Å². The second-order valence-corrected chi connectivity index (χ2v) is 6.10. The molecule has 3 heterocycles. The highest BCUT2D eigenvalue weighted by Gasteiger charge is 2.31. The fourth-order valence-electron chi connectivity index (χ4n) is 2.94. The molecular weight excluding hydrogens is 349 g/mol. The first-order valence-corrected chi connectivity index (χ1v) is 8.09. The Morgan fingerprint density at radius 1 is 1.35 bits per heavy atom. The van der Waals surface area contributed by atoms with Crippen LogP contribution in [0.4, 0.5) is 13.2 Å². The molecule has 7 nitrogen and oxygen atoms in total. The molecule has 0 amide bonds. The summed E-state index contributed by atoms with van der Waals surface area (Å²) in [7, 11) is 0.